The van der Waals surface area contributed by atoms with Crippen LogP contribution in [0.3, 0.4) is 0 Å². The fourth-order valence-electron chi connectivity index (χ4n) is 3.06. The van der Waals surface area contributed by atoms with E-state index in [9.17, 15) is 4.79 Å². The largest absolute Gasteiger partial charge is 0.497 e. The summed E-state index contributed by atoms with van der Waals surface area (Å²) in [6.45, 7) is 0.767. The lowest BCUT2D eigenvalue weighted by Crippen LogP contribution is -2.30. The van der Waals surface area contributed by atoms with Crippen molar-refractivity contribution >= 4 is 17.7 Å². The summed E-state index contributed by atoms with van der Waals surface area (Å²) in [5, 5.41) is -0.0201. The Bertz CT molecular complexity index is 720. The lowest BCUT2D eigenvalue weighted by Gasteiger charge is -2.26. The number of nitrogens with zero attached hydrogens (tertiary/aromatic N) is 1. The van der Waals surface area contributed by atoms with Gasteiger partial charge in [0.05, 0.1) is 14.2 Å². The average Bonchev–Trinajstić information content (AvgIpc) is 3.16. The summed E-state index contributed by atoms with van der Waals surface area (Å²) in [5.41, 5.74) is 2.19. The Morgan fingerprint density at radius 1 is 1.16 bits per heavy atom. The van der Waals surface area contributed by atoms with Crippen LogP contribution in [0.4, 0.5) is 0 Å². The van der Waals surface area contributed by atoms with Gasteiger partial charge in [0.2, 0.25) is 5.91 Å². The first-order valence-electron chi connectivity index (χ1n) is 8.40. The third-order valence-electron chi connectivity index (χ3n) is 4.38. The van der Waals surface area contributed by atoms with Crippen LogP contribution in [0.2, 0.25) is 0 Å². The van der Waals surface area contributed by atoms with Crippen molar-refractivity contribution in [2.75, 3.05) is 26.5 Å². The first-order valence-corrected chi connectivity index (χ1v) is 9.44. The highest BCUT2D eigenvalue weighted by molar-refractivity contribution is 7.99. The van der Waals surface area contributed by atoms with E-state index in [4.69, 9.17) is 9.47 Å². The van der Waals surface area contributed by atoms with Crippen molar-refractivity contribution in [1.82, 2.24) is 4.90 Å². The molecule has 4 nitrogen and oxygen atoms in total. The van der Waals surface area contributed by atoms with Gasteiger partial charge in [-0.2, -0.15) is 0 Å². The zero-order chi connectivity index (χ0) is 17.6. The predicted octanol–water partition coefficient (Wildman–Crippen LogP) is 3.91. The molecule has 1 aliphatic rings. The van der Waals surface area contributed by atoms with Gasteiger partial charge >= 0.3 is 0 Å². The minimum atomic E-state index is -0.0201. The van der Waals surface area contributed by atoms with E-state index < -0.39 is 0 Å². The summed E-state index contributed by atoms with van der Waals surface area (Å²) in [6.07, 6.45) is 1.29. The first kappa shape index (κ1) is 17.7. The molecular formula is C20H23NO3S. The van der Waals surface area contributed by atoms with E-state index in [2.05, 4.69) is 12.1 Å². The molecule has 25 heavy (non-hydrogen) atoms. The van der Waals surface area contributed by atoms with Crippen molar-refractivity contribution in [3.8, 4) is 11.5 Å². The molecule has 2 aromatic rings. The molecule has 1 heterocycles. The van der Waals surface area contributed by atoms with Crippen molar-refractivity contribution in [2.45, 2.75) is 18.2 Å². The van der Waals surface area contributed by atoms with Crippen LogP contribution in [-0.2, 0) is 11.2 Å². The second-order valence-corrected chi connectivity index (χ2v) is 7.09. The highest BCUT2D eigenvalue weighted by atomic mass is 32.2. The number of hydrogen-bond acceptors (Lipinski definition) is 4. The van der Waals surface area contributed by atoms with Gasteiger partial charge in [-0.15, -0.1) is 11.8 Å². The van der Waals surface area contributed by atoms with Gasteiger partial charge in [0.15, 0.2) is 0 Å². The summed E-state index contributed by atoms with van der Waals surface area (Å²) in [5.74, 6) is 2.69. The number of amides is 1. The van der Waals surface area contributed by atoms with Crippen LogP contribution >= 0.6 is 11.8 Å². The van der Waals surface area contributed by atoms with Crippen LogP contribution < -0.4 is 9.47 Å². The summed E-state index contributed by atoms with van der Waals surface area (Å²) >= 11 is 1.77. The van der Waals surface area contributed by atoms with E-state index in [1.54, 1.807) is 26.0 Å². The van der Waals surface area contributed by atoms with Crippen LogP contribution in [-0.4, -0.2) is 37.3 Å². The van der Waals surface area contributed by atoms with Crippen LogP contribution in [0.25, 0.3) is 0 Å². The molecule has 132 valence electrons. The van der Waals surface area contributed by atoms with Crippen molar-refractivity contribution < 1.29 is 14.3 Å². The summed E-state index contributed by atoms with van der Waals surface area (Å²) in [6, 6.07) is 15.9. The molecule has 0 saturated carbocycles. The number of rotatable bonds is 6. The quantitative estimate of drug-likeness (QED) is 0.786. The number of methoxy groups -OCH3 is 2. The zero-order valence-corrected chi connectivity index (χ0v) is 15.4. The Kier molecular flexibility index (Phi) is 5.87. The third-order valence-corrected chi connectivity index (χ3v) is 5.63. The highest BCUT2D eigenvalue weighted by Crippen LogP contribution is 2.43. The van der Waals surface area contributed by atoms with Gasteiger partial charge in [0, 0.05) is 24.3 Å². The van der Waals surface area contributed by atoms with Gasteiger partial charge in [0.1, 0.15) is 16.9 Å². The molecule has 5 heteroatoms. The predicted molar refractivity (Wildman–Crippen MR) is 101 cm³/mol. The van der Waals surface area contributed by atoms with E-state index in [0.717, 1.165) is 35.8 Å². The van der Waals surface area contributed by atoms with E-state index in [-0.39, 0.29) is 11.3 Å². The lowest BCUT2D eigenvalue weighted by atomic mass is 10.1. The molecule has 0 aromatic heterocycles. The minimum Gasteiger partial charge on any atom is -0.497 e. The highest BCUT2D eigenvalue weighted by Gasteiger charge is 2.32. The normalized spacial score (nSPS) is 16.7. The molecule has 0 spiro atoms. The minimum absolute atomic E-state index is 0.0201. The van der Waals surface area contributed by atoms with Gasteiger partial charge in [-0.05, 0) is 30.2 Å². The maximum absolute atomic E-state index is 12.8. The number of carbonyl (C=O) groups excluding carboxylic acids is 1. The number of hydrogen-bond donors (Lipinski definition) is 0. The van der Waals surface area contributed by atoms with Crippen LogP contribution in [0.5, 0.6) is 11.5 Å². The van der Waals surface area contributed by atoms with Crippen molar-refractivity contribution in [1.29, 1.82) is 0 Å². The van der Waals surface area contributed by atoms with Gasteiger partial charge in [0.25, 0.3) is 0 Å². The summed E-state index contributed by atoms with van der Waals surface area (Å²) in [4.78, 5) is 14.8. The van der Waals surface area contributed by atoms with Crippen molar-refractivity contribution in [2.24, 2.45) is 0 Å². The topological polar surface area (TPSA) is 38.8 Å². The molecule has 0 N–H and O–H groups in total. The number of carbonyl (C=O) groups is 1. The van der Waals surface area contributed by atoms with E-state index in [1.807, 2.05) is 41.3 Å². The molecule has 1 unspecified atom stereocenters. The molecule has 1 amide bonds. The standard InChI is InChI=1S/C20H23NO3S/c1-23-16-9-10-18(24-2)17(14-16)20-21(12-13-25-20)19(22)11-8-15-6-4-3-5-7-15/h3-7,9-10,14,20H,8,11-13H2,1-2H3. The molecule has 1 atom stereocenters. The second-order valence-electron chi connectivity index (χ2n) is 5.90. The average molecular weight is 357 g/mol. The fourth-order valence-corrected chi connectivity index (χ4v) is 4.35. The van der Waals surface area contributed by atoms with Gasteiger partial charge in [-0.25, -0.2) is 0 Å². The van der Waals surface area contributed by atoms with Crippen LogP contribution in [0.1, 0.15) is 22.9 Å². The monoisotopic (exact) mass is 357 g/mol. The van der Waals surface area contributed by atoms with Gasteiger partial charge < -0.3 is 14.4 Å². The van der Waals surface area contributed by atoms with E-state index >= 15 is 0 Å². The number of ether oxygens (including phenoxy) is 2. The second kappa shape index (κ2) is 8.30. The van der Waals surface area contributed by atoms with Crippen molar-refractivity contribution in [3.05, 3.63) is 59.7 Å². The third kappa shape index (κ3) is 4.10. The van der Waals surface area contributed by atoms with Gasteiger partial charge in [-0.3, -0.25) is 4.79 Å². The van der Waals surface area contributed by atoms with Crippen LogP contribution in [0, 0.1) is 0 Å². The molecule has 1 aliphatic heterocycles. The molecule has 0 radical (unpaired) electrons. The Morgan fingerprint density at radius 3 is 2.68 bits per heavy atom. The SMILES string of the molecule is COc1ccc(OC)c(C2SCCN2C(=O)CCc2ccccc2)c1. The number of aryl methyl sites for hydroxylation is 1. The fraction of sp³-hybridized carbons (Fsp3) is 0.350. The molecular weight excluding hydrogens is 334 g/mol. The molecule has 0 bridgehead atoms. The van der Waals surface area contributed by atoms with Crippen LogP contribution in [0.15, 0.2) is 48.5 Å². The zero-order valence-electron chi connectivity index (χ0n) is 14.6. The Morgan fingerprint density at radius 2 is 1.96 bits per heavy atom. The number of benzene rings is 2. The van der Waals surface area contributed by atoms with Crippen molar-refractivity contribution in [3.63, 3.8) is 0 Å². The molecule has 2 aromatic carbocycles. The maximum Gasteiger partial charge on any atom is 0.224 e. The smallest absolute Gasteiger partial charge is 0.224 e. The summed E-state index contributed by atoms with van der Waals surface area (Å²) < 4.78 is 10.9. The summed E-state index contributed by atoms with van der Waals surface area (Å²) in [7, 11) is 3.31. The first-order chi connectivity index (χ1) is 12.2. The van der Waals surface area contributed by atoms with Gasteiger partial charge in [-0.1, -0.05) is 30.3 Å². The lowest BCUT2D eigenvalue weighted by molar-refractivity contribution is -0.131. The molecule has 0 aliphatic carbocycles. The maximum atomic E-state index is 12.8. The Labute approximate surface area is 153 Å². The Balaban J connectivity index is 1.75. The Hall–Kier alpha value is -2.14. The number of thioether (sulfide) groups is 1. The molecule has 1 saturated heterocycles. The molecule has 3 rings (SSSR count). The molecule has 1 fully saturated rings. The van der Waals surface area contributed by atoms with E-state index in [0.29, 0.717) is 6.42 Å². The van der Waals surface area contributed by atoms with E-state index in [1.165, 1.54) is 5.56 Å².